The molecular weight excluding hydrogens is 258 g/mol. The molecule has 0 amide bonds. The molecule has 0 bridgehead atoms. The average Bonchev–Trinajstić information content (AvgIpc) is 2.39. The van der Waals surface area contributed by atoms with E-state index in [2.05, 4.69) is 16.0 Å². The van der Waals surface area contributed by atoms with Crippen LogP contribution in [0.25, 0.3) is 0 Å². The normalized spacial score (nSPS) is 12.2. The molecule has 0 aliphatic carbocycles. The molecule has 1 atom stereocenters. The molecule has 3 nitrogen and oxygen atoms in total. The third-order valence-electron chi connectivity index (χ3n) is 3.00. The van der Waals surface area contributed by atoms with Crippen LogP contribution in [0.3, 0.4) is 0 Å². The van der Waals surface area contributed by atoms with Crippen LogP contribution in [0.15, 0.2) is 42.6 Å². The first kappa shape index (κ1) is 13.8. The quantitative estimate of drug-likeness (QED) is 0.930. The number of hydrogen-bond donors (Lipinski definition) is 1. The van der Waals surface area contributed by atoms with E-state index in [0.717, 1.165) is 28.5 Å². The van der Waals surface area contributed by atoms with Crippen LogP contribution in [-0.2, 0) is 6.54 Å². The highest BCUT2D eigenvalue weighted by Gasteiger charge is 2.05. The maximum absolute atomic E-state index is 5.98. The zero-order chi connectivity index (χ0) is 13.8. The van der Waals surface area contributed by atoms with Gasteiger partial charge in [-0.3, -0.25) is 0 Å². The van der Waals surface area contributed by atoms with Gasteiger partial charge in [-0.05, 0) is 36.2 Å². The molecule has 2 N–H and O–H groups in total. The first-order valence-electron chi connectivity index (χ1n) is 6.23. The Bertz CT molecular complexity index is 537. The number of anilines is 1. The van der Waals surface area contributed by atoms with Crippen molar-refractivity contribution in [3.8, 4) is 0 Å². The summed E-state index contributed by atoms with van der Waals surface area (Å²) in [5.74, 6) is 0.921. The summed E-state index contributed by atoms with van der Waals surface area (Å²) in [7, 11) is 2.01. The smallest absolute Gasteiger partial charge is 0.128 e. The van der Waals surface area contributed by atoms with Crippen molar-refractivity contribution in [1.29, 1.82) is 0 Å². The minimum absolute atomic E-state index is 0.0137. The summed E-state index contributed by atoms with van der Waals surface area (Å²) >= 11 is 5.98. The Kier molecular flexibility index (Phi) is 4.40. The molecule has 1 aromatic carbocycles. The largest absolute Gasteiger partial charge is 0.355 e. The van der Waals surface area contributed by atoms with E-state index in [1.165, 1.54) is 0 Å². The van der Waals surface area contributed by atoms with E-state index >= 15 is 0 Å². The number of hydrogen-bond acceptors (Lipinski definition) is 3. The lowest BCUT2D eigenvalue weighted by atomic mass is 10.1. The van der Waals surface area contributed by atoms with Gasteiger partial charge in [-0.1, -0.05) is 29.8 Å². The van der Waals surface area contributed by atoms with Crippen LogP contribution in [0.5, 0.6) is 0 Å². The van der Waals surface area contributed by atoms with Crippen LogP contribution < -0.4 is 10.6 Å². The highest BCUT2D eigenvalue weighted by molar-refractivity contribution is 6.30. The molecule has 0 unspecified atom stereocenters. The fraction of sp³-hybridized carbons (Fsp3) is 0.267. The number of benzene rings is 1. The van der Waals surface area contributed by atoms with Crippen LogP contribution in [0.1, 0.15) is 24.1 Å². The number of halogens is 1. The van der Waals surface area contributed by atoms with Gasteiger partial charge in [0.1, 0.15) is 5.82 Å². The summed E-state index contributed by atoms with van der Waals surface area (Å²) in [5, 5.41) is 0.756. The molecule has 0 saturated heterocycles. The van der Waals surface area contributed by atoms with E-state index < -0.39 is 0 Å². The third kappa shape index (κ3) is 3.69. The lowest BCUT2D eigenvalue weighted by Gasteiger charge is -2.19. The van der Waals surface area contributed by atoms with E-state index in [0.29, 0.717) is 0 Å². The summed E-state index contributed by atoms with van der Waals surface area (Å²) in [5.41, 5.74) is 8.01. The molecule has 2 rings (SSSR count). The second-order valence-electron chi connectivity index (χ2n) is 4.72. The number of nitrogens with two attached hydrogens (primary N) is 1. The fourth-order valence-corrected chi connectivity index (χ4v) is 2.10. The molecule has 2 aromatic rings. The first-order chi connectivity index (χ1) is 9.06. The Morgan fingerprint density at radius 3 is 2.68 bits per heavy atom. The number of aromatic nitrogens is 1. The fourth-order valence-electron chi connectivity index (χ4n) is 1.88. The minimum Gasteiger partial charge on any atom is -0.355 e. The summed E-state index contributed by atoms with van der Waals surface area (Å²) in [6.45, 7) is 2.72. The van der Waals surface area contributed by atoms with E-state index in [-0.39, 0.29) is 6.04 Å². The van der Waals surface area contributed by atoms with Crippen molar-refractivity contribution in [1.82, 2.24) is 4.98 Å². The molecular formula is C15H18ClN3. The molecule has 1 heterocycles. The van der Waals surface area contributed by atoms with Crippen molar-refractivity contribution < 1.29 is 0 Å². The monoisotopic (exact) mass is 275 g/mol. The van der Waals surface area contributed by atoms with Crippen molar-refractivity contribution in [3.63, 3.8) is 0 Å². The Morgan fingerprint density at radius 2 is 2.11 bits per heavy atom. The summed E-state index contributed by atoms with van der Waals surface area (Å²) in [6.07, 6.45) is 1.83. The lowest BCUT2D eigenvalue weighted by Crippen LogP contribution is -2.18. The Labute approximate surface area is 119 Å². The molecule has 0 fully saturated rings. The van der Waals surface area contributed by atoms with E-state index in [1.54, 1.807) is 0 Å². The van der Waals surface area contributed by atoms with Gasteiger partial charge in [-0.2, -0.15) is 0 Å². The van der Waals surface area contributed by atoms with Crippen molar-refractivity contribution in [2.75, 3.05) is 11.9 Å². The van der Waals surface area contributed by atoms with Gasteiger partial charge >= 0.3 is 0 Å². The molecule has 0 radical (unpaired) electrons. The standard InChI is InChI=1S/C15H18ClN3/c1-11(17)13-6-7-15(18-9-13)19(2)10-12-4-3-5-14(16)8-12/h3-9,11H,10,17H2,1-2H3/t11-/m0/s1. The van der Waals surface area contributed by atoms with Gasteiger partial charge in [-0.15, -0.1) is 0 Å². The second kappa shape index (κ2) is 6.04. The average molecular weight is 276 g/mol. The van der Waals surface area contributed by atoms with E-state index in [1.807, 2.05) is 50.5 Å². The SMILES string of the molecule is C[C@H](N)c1ccc(N(C)Cc2cccc(Cl)c2)nc1. The maximum Gasteiger partial charge on any atom is 0.128 e. The van der Waals surface area contributed by atoms with Crippen LogP contribution in [-0.4, -0.2) is 12.0 Å². The Balaban J connectivity index is 2.09. The highest BCUT2D eigenvalue weighted by Crippen LogP contribution is 2.17. The first-order valence-corrected chi connectivity index (χ1v) is 6.61. The van der Waals surface area contributed by atoms with Gasteiger partial charge in [0.25, 0.3) is 0 Å². The van der Waals surface area contributed by atoms with Crippen LogP contribution >= 0.6 is 11.6 Å². The third-order valence-corrected chi connectivity index (χ3v) is 3.23. The summed E-state index contributed by atoms with van der Waals surface area (Å²) in [4.78, 5) is 6.51. The highest BCUT2D eigenvalue weighted by atomic mass is 35.5. The molecule has 0 saturated carbocycles. The van der Waals surface area contributed by atoms with Crippen molar-refractivity contribution in [2.24, 2.45) is 5.73 Å². The summed E-state index contributed by atoms with van der Waals surface area (Å²) < 4.78 is 0. The number of pyridine rings is 1. The topological polar surface area (TPSA) is 42.1 Å². The van der Waals surface area contributed by atoms with Crippen molar-refractivity contribution in [3.05, 3.63) is 58.7 Å². The van der Waals surface area contributed by atoms with Gasteiger partial charge in [0, 0.05) is 30.9 Å². The van der Waals surface area contributed by atoms with Crippen LogP contribution in [0.2, 0.25) is 5.02 Å². The molecule has 100 valence electrons. The zero-order valence-corrected chi connectivity index (χ0v) is 11.9. The molecule has 0 aliphatic heterocycles. The van der Waals surface area contributed by atoms with Gasteiger partial charge in [0.05, 0.1) is 0 Å². The van der Waals surface area contributed by atoms with E-state index in [4.69, 9.17) is 17.3 Å². The summed E-state index contributed by atoms with van der Waals surface area (Å²) in [6, 6.07) is 11.9. The lowest BCUT2D eigenvalue weighted by molar-refractivity contribution is 0.807. The minimum atomic E-state index is 0.0137. The second-order valence-corrected chi connectivity index (χ2v) is 5.16. The van der Waals surface area contributed by atoms with Gasteiger partial charge in [-0.25, -0.2) is 4.98 Å². The predicted molar refractivity (Wildman–Crippen MR) is 80.4 cm³/mol. The Morgan fingerprint density at radius 1 is 1.32 bits per heavy atom. The molecule has 4 heteroatoms. The van der Waals surface area contributed by atoms with Gasteiger partial charge < -0.3 is 10.6 Å². The molecule has 19 heavy (non-hydrogen) atoms. The molecule has 0 spiro atoms. The van der Waals surface area contributed by atoms with E-state index in [9.17, 15) is 0 Å². The number of rotatable bonds is 4. The van der Waals surface area contributed by atoms with Crippen molar-refractivity contribution in [2.45, 2.75) is 19.5 Å². The maximum atomic E-state index is 5.98. The Hall–Kier alpha value is -1.58. The molecule has 1 aromatic heterocycles. The van der Waals surface area contributed by atoms with Crippen LogP contribution in [0, 0.1) is 0 Å². The zero-order valence-electron chi connectivity index (χ0n) is 11.2. The van der Waals surface area contributed by atoms with Gasteiger partial charge in [0.2, 0.25) is 0 Å². The number of nitrogens with zero attached hydrogens (tertiary/aromatic N) is 2. The van der Waals surface area contributed by atoms with Gasteiger partial charge in [0.15, 0.2) is 0 Å². The van der Waals surface area contributed by atoms with Crippen molar-refractivity contribution >= 4 is 17.4 Å². The molecule has 0 aliphatic rings. The van der Waals surface area contributed by atoms with Crippen LogP contribution in [0.4, 0.5) is 5.82 Å². The predicted octanol–water partition coefficient (Wildman–Crippen LogP) is 3.39.